The zero-order valence-corrected chi connectivity index (χ0v) is 3.88. The first kappa shape index (κ1) is 4.99. The molecule has 1 saturated heterocycles. The van der Waals surface area contributed by atoms with E-state index in [0.29, 0.717) is 0 Å². The number of hydrogen-bond donors (Lipinski definition) is 3. The van der Waals surface area contributed by atoms with Crippen molar-refractivity contribution in [1.82, 2.24) is 0 Å². The van der Waals surface area contributed by atoms with Gasteiger partial charge in [0.2, 0.25) is 0 Å². The number of aliphatic hydroxyl groups is 2. The highest BCUT2D eigenvalue weighted by Crippen LogP contribution is 2.07. The Morgan fingerprint density at radius 1 is 1.86 bits per heavy atom. The van der Waals surface area contributed by atoms with Crippen LogP contribution in [0.3, 0.4) is 0 Å². The van der Waals surface area contributed by atoms with Crippen LogP contribution in [0.4, 0.5) is 0 Å². The Bertz CT molecular complexity index is 82.2. The molecule has 0 saturated carbocycles. The Kier molecular flexibility index (Phi) is 0.695. The summed E-state index contributed by atoms with van der Waals surface area (Å²) in [5, 5.41) is 26.5. The lowest BCUT2D eigenvalue weighted by atomic mass is 10.4. The summed E-state index contributed by atoms with van der Waals surface area (Å²) in [5.41, 5.74) is -1.42. The van der Waals surface area contributed by atoms with Crippen LogP contribution in [0.25, 0.3) is 0 Å². The molecule has 42 valence electrons. The Balaban J connectivity index is 2.52. The Morgan fingerprint density at radius 2 is 2.00 bits per heavy atom. The van der Waals surface area contributed by atoms with Gasteiger partial charge in [0.05, 0.1) is 0 Å². The fourth-order valence-electron chi connectivity index (χ4n) is 0.376. The van der Waals surface area contributed by atoms with E-state index in [2.05, 4.69) is 0 Å². The number of rotatable bonds is 0. The van der Waals surface area contributed by atoms with E-state index in [4.69, 9.17) is 10.2 Å². The van der Waals surface area contributed by atoms with E-state index in [-0.39, 0.29) is 0 Å². The van der Waals surface area contributed by atoms with Crippen LogP contribution in [0.2, 0.25) is 0 Å². The van der Waals surface area contributed by atoms with Crippen LogP contribution in [0.5, 0.6) is 0 Å². The smallest absolute Gasteiger partial charge is 0.279 e. The molecule has 0 radical (unpaired) electrons. The molecule has 1 aliphatic rings. The van der Waals surface area contributed by atoms with Gasteiger partial charge in [-0.25, -0.2) is 0 Å². The van der Waals surface area contributed by atoms with E-state index in [1.165, 1.54) is 6.92 Å². The SMILES string of the molecule is CC1(O)C(O)[NH+]1[O-]. The van der Waals surface area contributed by atoms with Gasteiger partial charge in [0.25, 0.3) is 12.0 Å². The van der Waals surface area contributed by atoms with Gasteiger partial charge in [0.1, 0.15) is 0 Å². The van der Waals surface area contributed by atoms with Gasteiger partial charge in [-0.2, -0.15) is 0 Å². The van der Waals surface area contributed by atoms with Crippen LogP contribution in [-0.4, -0.2) is 22.2 Å². The summed E-state index contributed by atoms with van der Waals surface area (Å²) in [4.78, 5) is 0. The van der Waals surface area contributed by atoms with Crippen molar-refractivity contribution in [1.29, 1.82) is 0 Å². The molecule has 0 aromatic rings. The van der Waals surface area contributed by atoms with Crippen LogP contribution in [0, 0.1) is 5.21 Å². The third kappa shape index (κ3) is 0.450. The van der Waals surface area contributed by atoms with Crippen LogP contribution in [-0.2, 0) is 0 Å². The molecule has 0 aromatic carbocycles. The first-order chi connectivity index (χ1) is 3.07. The van der Waals surface area contributed by atoms with E-state index in [1.807, 2.05) is 0 Å². The summed E-state index contributed by atoms with van der Waals surface area (Å²) in [5.74, 6) is 0. The van der Waals surface area contributed by atoms with E-state index < -0.39 is 17.0 Å². The highest BCUT2D eigenvalue weighted by atomic mass is 16.6. The van der Waals surface area contributed by atoms with E-state index in [9.17, 15) is 5.21 Å². The second kappa shape index (κ2) is 0.976. The number of quaternary nitrogens is 1. The van der Waals surface area contributed by atoms with Crippen molar-refractivity contribution in [2.75, 3.05) is 0 Å². The first-order valence-electron chi connectivity index (χ1n) is 2.01. The van der Waals surface area contributed by atoms with Crippen molar-refractivity contribution in [3.8, 4) is 0 Å². The van der Waals surface area contributed by atoms with Gasteiger partial charge in [-0.3, -0.25) is 0 Å². The van der Waals surface area contributed by atoms with Crippen LogP contribution >= 0.6 is 0 Å². The predicted octanol–water partition coefficient (Wildman–Crippen LogP) is -2.59. The van der Waals surface area contributed by atoms with Gasteiger partial charge in [0, 0.05) is 6.92 Å². The molecule has 1 heterocycles. The topological polar surface area (TPSA) is 68.0 Å². The Morgan fingerprint density at radius 3 is 2.00 bits per heavy atom. The standard InChI is InChI=1S/C3H7NO3/c1-3(6)2(5)4(3)7/h2,4-6H,1H3. The molecule has 0 bridgehead atoms. The molecule has 0 aliphatic carbocycles. The second-order valence-electron chi connectivity index (χ2n) is 1.91. The van der Waals surface area contributed by atoms with Gasteiger partial charge in [-0.15, -0.1) is 0 Å². The maximum absolute atomic E-state index is 10.0. The maximum Gasteiger partial charge on any atom is 0.279 e. The van der Waals surface area contributed by atoms with Gasteiger partial charge in [-0.1, -0.05) is 0 Å². The highest BCUT2D eigenvalue weighted by Gasteiger charge is 2.60. The maximum atomic E-state index is 10.0. The quantitative estimate of drug-likeness (QED) is 0.234. The van der Waals surface area contributed by atoms with Crippen molar-refractivity contribution in [3.63, 3.8) is 0 Å². The summed E-state index contributed by atoms with van der Waals surface area (Å²) in [7, 11) is 0. The van der Waals surface area contributed by atoms with Crippen molar-refractivity contribution in [2.45, 2.75) is 18.9 Å². The summed E-state index contributed by atoms with van der Waals surface area (Å²) in [6.07, 6.45) is -1.12. The largest absolute Gasteiger partial charge is 0.630 e. The Labute approximate surface area is 40.6 Å². The number of hydrogen-bond acceptors (Lipinski definition) is 3. The second-order valence-corrected chi connectivity index (χ2v) is 1.91. The van der Waals surface area contributed by atoms with Gasteiger partial charge < -0.3 is 20.5 Å². The molecule has 0 amide bonds. The summed E-state index contributed by atoms with van der Waals surface area (Å²) in [6.45, 7) is 1.29. The number of nitrogens with one attached hydrogen (secondary N) is 1. The van der Waals surface area contributed by atoms with Crippen molar-refractivity contribution < 1.29 is 15.3 Å². The van der Waals surface area contributed by atoms with E-state index >= 15 is 0 Å². The minimum Gasteiger partial charge on any atom is -0.630 e. The molecule has 3 atom stereocenters. The van der Waals surface area contributed by atoms with Gasteiger partial charge in [0.15, 0.2) is 0 Å². The summed E-state index contributed by atoms with van der Waals surface area (Å²) in [6, 6.07) is 0. The molecular formula is C3H7NO3. The average Bonchev–Trinajstić information content (AvgIpc) is 1.91. The molecule has 3 N–H and O–H groups in total. The molecule has 4 nitrogen and oxygen atoms in total. The van der Waals surface area contributed by atoms with Crippen molar-refractivity contribution in [2.24, 2.45) is 0 Å². The van der Waals surface area contributed by atoms with Gasteiger partial charge in [-0.05, 0) is 0 Å². The zero-order chi connectivity index (χ0) is 5.65. The van der Waals surface area contributed by atoms with Crippen LogP contribution < -0.4 is 5.06 Å². The third-order valence-electron chi connectivity index (χ3n) is 1.20. The molecule has 1 rings (SSSR count). The lowest BCUT2D eigenvalue weighted by Gasteiger charge is -1.96. The molecule has 4 heteroatoms. The van der Waals surface area contributed by atoms with E-state index in [0.717, 1.165) is 0 Å². The van der Waals surface area contributed by atoms with Crippen molar-refractivity contribution in [3.05, 3.63) is 5.21 Å². The lowest BCUT2D eigenvalue weighted by molar-refractivity contribution is -0.778. The molecular weight excluding hydrogens is 98.0 g/mol. The molecule has 1 fully saturated rings. The first-order valence-corrected chi connectivity index (χ1v) is 2.01. The Hall–Kier alpha value is -0.160. The highest BCUT2D eigenvalue weighted by molar-refractivity contribution is 4.73. The molecule has 7 heavy (non-hydrogen) atoms. The minimum absolute atomic E-state index is 0.479. The molecule has 0 aromatic heterocycles. The van der Waals surface area contributed by atoms with Crippen molar-refractivity contribution >= 4 is 0 Å². The molecule has 1 aliphatic heterocycles. The van der Waals surface area contributed by atoms with Crippen LogP contribution in [0.15, 0.2) is 0 Å². The lowest BCUT2D eigenvalue weighted by Crippen LogP contribution is -2.92. The predicted molar refractivity (Wildman–Crippen MR) is 21.0 cm³/mol. The fourth-order valence-corrected chi connectivity index (χ4v) is 0.376. The van der Waals surface area contributed by atoms with Gasteiger partial charge >= 0.3 is 0 Å². The molecule has 3 unspecified atom stereocenters. The molecule has 0 spiro atoms. The third-order valence-corrected chi connectivity index (χ3v) is 1.20. The minimum atomic E-state index is -1.42. The normalized spacial score (nSPS) is 60.0. The summed E-state index contributed by atoms with van der Waals surface area (Å²) < 4.78 is 0. The number of aliphatic hydroxyl groups excluding tert-OH is 1. The van der Waals surface area contributed by atoms with Crippen LogP contribution in [0.1, 0.15) is 6.92 Å². The van der Waals surface area contributed by atoms with E-state index in [1.54, 1.807) is 0 Å². The monoisotopic (exact) mass is 105 g/mol. The summed E-state index contributed by atoms with van der Waals surface area (Å²) >= 11 is 0. The zero-order valence-electron chi connectivity index (χ0n) is 3.88. The average molecular weight is 105 g/mol. The number of hydroxylamine groups is 2. The fraction of sp³-hybridized carbons (Fsp3) is 1.00.